The molecule has 1 atom stereocenters. The zero-order valence-corrected chi connectivity index (χ0v) is 13.1. The van der Waals surface area contributed by atoms with Crippen molar-refractivity contribution in [3.8, 4) is 0 Å². The molecule has 1 N–H and O–H groups in total. The lowest BCUT2D eigenvalue weighted by Crippen LogP contribution is -2.32. The van der Waals surface area contributed by atoms with Crippen molar-refractivity contribution in [1.29, 1.82) is 0 Å². The van der Waals surface area contributed by atoms with Crippen molar-refractivity contribution < 1.29 is 14.7 Å². The van der Waals surface area contributed by atoms with Crippen LogP contribution < -0.4 is 0 Å². The summed E-state index contributed by atoms with van der Waals surface area (Å²) in [5, 5.41) is 10.8. The average molecular weight is 313 g/mol. The Bertz CT molecular complexity index is 445. The smallest absolute Gasteiger partial charge is 0.307 e. The van der Waals surface area contributed by atoms with Crippen LogP contribution in [0, 0.1) is 5.92 Å². The molecule has 1 unspecified atom stereocenters. The highest BCUT2D eigenvalue weighted by Crippen LogP contribution is 2.14. The number of amides is 1. The van der Waals surface area contributed by atoms with Gasteiger partial charge in [-0.2, -0.15) is 11.8 Å². The van der Waals surface area contributed by atoms with E-state index in [-0.39, 0.29) is 5.91 Å². The van der Waals surface area contributed by atoms with Gasteiger partial charge >= 0.3 is 5.97 Å². The number of rotatable bonds is 9. The Kier molecular flexibility index (Phi) is 7.40. The zero-order chi connectivity index (χ0) is 15.0. The van der Waals surface area contributed by atoms with Crippen LogP contribution in [0.4, 0.5) is 0 Å². The van der Waals surface area contributed by atoms with Crippen LogP contribution in [0.5, 0.6) is 0 Å². The molecular weight excluding hydrogens is 294 g/mol. The van der Waals surface area contributed by atoms with Gasteiger partial charge in [0.05, 0.1) is 18.2 Å². The summed E-state index contributed by atoms with van der Waals surface area (Å²) in [4.78, 5) is 25.7. The minimum absolute atomic E-state index is 0.0147. The molecule has 0 aliphatic carbocycles. The molecule has 1 rings (SSSR count). The van der Waals surface area contributed by atoms with Crippen molar-refractivity contribution in [1.82, 2.24) is 4.90 Å². The maximum atomic E-state index is 12.1. The van der Waals surface area contributed by atoms with Gasteiger partial charge in [-0.05, 0) is 11.4 Å². The summed E-state index contributed by atoms with van der Waals surface area (Å²) < 4.78 is 0. The molecule has 20 heavy (non-hydrogen) atoms. The predicted molar refractivity (Wildman–Crippen MR) is 84.1 cm³/mol. The molecule has 0 aliphatic rings. The number of carboxylic acids is 1. The fraction of sp³-hybridized carbons (Fsp3) is 0.429. The van der Waals surface area contributed by atoms with Crippen LogP contribution >= 0.6 is 23.1 Å². The van der Waals surface area contributed by atoms with E-state index < -0.39 is 11.9 Å². The van der Waals surface area contributed by atoms with Gasteiger partial charge in [-0.25, -0.2) is 0 Å². The van der Waals surface area contributed by atoms with Crippen LogP contribution in [-0.4, -0.2) is 39.9 Å². The molecule has 1 aromatic rings. The molecule has 0 spiro atoms. The number of thiophene rings is 1. The molecule has 110 valence electrons. The van der Waals surface area contributed by atoms with Gasteiger partial charge in [-0.15, -0.1) is 17.9 Å². The third-order valence-corrected chi connectivity index (χ3v) is 4.69. The standard InChI is InChI=1S/C14H19NO3S2/c1-3-6-15(8-12-5-4-7-20-12)13(16)10-19-9-11(2)14(17)18/h3-5,7,11H,1,6,8-10H2,2H3,(H,17,18). The number of aliphatic carboxylic acids is 1. The topological polar surface area (TPSA) is 57.6 Å². The molecule has 6 heteroatoms. The Labute approximate surface area is 127 Å². The van der Waals surface area contributed by atoms with E-state index in [2.05, 4.69) is 6.58 Å². The van der Waals surface area contributed by atoms with Crippen LogP contribution in [-0.2, 0) is 16.1 Å². The van der Waals surface area contributed by atoms with Gasteiger partial charge in [-0.3, -0.25) is 9.59 Å². The summed E-state index contributed by atoms with van der Waals surface area (Å²) >= 11 is 2.98. The average Bonchev–Trinajstić information content (AvgIpc) is 2.90. The maximum Gasteiger partial charge on any atom is 0.307 e. The van der Waals surface area contributed by atoms with Crippen LogP contribution in [0.1, 0.15) is 11.8 Å². The summed E-state index contributed by atoms with van der Waals surface area (Å²) in [7, 11) is 0. The number of carbonyl (C=O) groups is 2. The molecule has 0 bridgehead atoms. The Morgan fingerprint density at radius 2 is 2.35 bits per heavy atom. The van der Waals surface area contributed by atoms with Gasteiger partial charge in [-0.1, -0.05) is 19.1 Å². The van der Waals surface area contributed by atoms with Crippen molar-refractivity contribution in [2.75, 3.05) is 18.1 Å². The Morgan fingerprint density at radius 1 is 1.60 bits per heavy atom. The first kappa shape index (κ1) is 16.8. The highest BCUT2D eigenvalue weighted by atomic mass is 32.2. The van der Waals surface area contributed by atoms with E-state index in [1.807, 2.05) is 17.5 Å². The molecule has 0 fully saturated rings. The number of hydrogen-bond donors (Lipinski definition) is 1. The van der Waals surface area contributed by atoms with E-state index in [0.717, 1.165) is 4.88 Å². The molecule has 0 radical (unpaired) electrons. The van der Waals surface area contributed by atoms with Gasteiger partial charge in [0.2, 0.25) is 5.91 Å². The molecule has 0 aromatic carbocycles. The summed E-state index contributed by atoms with van der Waals surface area (Å²) in [6, 6.07) is 3.95. The third-order valence-electron chi connectivity index (χ3n) is 2.64. The zero-order valence-electron chi connectivity index (χ0n) is 11.4. The van der Waals surface area contributed by atoms with E-state index in [4.69, 9.17) is 5.11 Å². The Balaban J connectivity index is 2.43. The minimum atomic E-state index is -0.827. The van der Waals surface area contributed by atoms with E-state index in [0.29, 0.717) is 24.6 Å². The lowest BCUT2D eigenvalue weighted by Gasteiger charge is -2.20. The van der Waals surface area contributed by atoms with Gasteiger partial charge in [0.1, 0.15) is 0 Å². The number of nitrogens with zero attached hydrogens (tertiary/aromatic N) is 1. The fourth-order valence-corrected chi connectivity index (χ4v) is 3.18. The SMILES string of the molecule is C=CCN(Cc1cccs1)C(=O)CSCC(C)C(=O)O. The molecule has 1 heterocycles. The number of carboxylic acid groups (broad SMARTS) is 1. The van der Waals surface area contributed by atoms with Crippen molar-refractivity contribution >= 4 is 35.0 Å². The normalized spacial score (nSPS) is 11.8. The molecule has 1 aromatic heterocycles. The molecule has 0 aliphatic heterocycles. The lowest BCUT2D eigenvalue weighted by molar-refractivity contribution is -0.140. The van der Waals surface area contributed by atoms with Gasteiger partial charge < -0.3 is 10.0 Å². The number of carbonyl (C=O) groups excluding carboxylic acids is 1. The fourth-order valence-electron chi connectivity index (χ4n) is 1.49. The highest BCUT2D eigenvalue weighted by Gasteiger charge is 2.16. The minimum Gasteiger partial charge on any atom is -0.481 e. The number of hydrogen-bond acceptors (Lipinski definition) is 4. The van der Waals surface area contributed by atoms with Gasteiger partial charge in [0.25, 0.3) is 0 Å². The number of thioether (sulfide) groups is 1. The van der Waals surface area contributed by atoms with Gasteiger partial charge in [0, 0.05) is 17.2 Å². The Hall–Kier alpha value is -1.27. The second kappa shape index (κ2) is 8.81. The van der Waals surface area contributed by atoms with Crippen molar-refractivity contribution in [2.24, 2.45) is 5.92 Å². The Morgan fingerprint density at radius 3 is 2.90 bits per heavy atom. The molecule has 4 nitrogen and oxygen atoms in total. The summed E-state index contributed by atoms with van der Waals surface area (Å²) in [5.41, 5.74) is 0. The van der Waals surface area contributed by atoms with Crippen LogP contribution in [0.2, 0.25) is 0 Å². The van der Waals surface area contributed by atoms with E-state index in [9.17, 15) is 9.59 Å². The summed E-state index contributed by atoms with van der Waals surface area (Å²) in [6.07, 6.45) is 1.70. The van der Waals surface area contributed by atoms with Crippen molar-refractivity contribution in [2.45, 2.75) is 13.5 Å². The molecule has 0 saturated heterocycles. The van der Waals surface area contributed by atoms with E-state index in [1.165, 1.54) is 11.8 Å². The summed E-state index contributed by atoms with van der Waals surface area (Å²) in [6.45, 7) is 6.40. The van der Waals surface area contributed by atoms with Crippen LogP contribution in [0.3, 0.4) is 0 Å². The van der Waals surface area contributed by atoms with Gasteiger partial charge in [0.15, 0.2) is 0 Å². The molecule has 1 amide bonds. The predicted octanol–water partition coefficient (Wildman–Crippen LogP) is 2.72. The van der Waals surface area contributed by atoms with Crippen LogP contribution in [0.15, 0.2) is 30.2 Å². The monoisotopic (exact) mass is 313 g/mol. The van der Waals surface area contributed by atoms with E-state index in [1.54, 1.807) is 29.2 Å². The molecular formula is C14H19NO3S2. The van der Waals surface area contributed by atoms with Crippen molar-refractivity contribution in [3.63, 3.8) is 0 Å². The second-order valence-electron chi connectivity index (χ2n) is 4.40. The molecule has 0 saturated carbocycles. The first-order chi connectivity index (χ1) is 9.54. The van der Waals surface area contributed by atoms with Crippen LogP contribution in [0.25, 0.3) is 0 Å². The highest BCUT2D eigenvalue weighted by molar-refractivity contribution is 7.99. The lowest BCUT2D eigenvalue weighted by atomic mass is 10.2. The third kappa shape index (κ3) is 5.79. The summed E-state index contributed by atoms with van der Waals surface area (Å²) in [5.74, 6) is -0.496. The maximum absolute atomic E-state index is 12.1. The quantitative estimate of drug-likeness (QED) is 0.712. The first-order valence-corrected chi connectivity index (χ1v) is 8.29. The largest absolute Gasteiger partial charge is 0.481 e. The first-order valence-electron chi connectivity index (χ1n) is 6.26. The van der Waals surface area contributed by atoms with Crippen molar-refractivity contribution in [3.05, 3.63) is 35.0 Å². The second-order valence-corrected chi connectivity index (χ2v) is 6.46. The van der Waals surface area contributed by atoms with E-state index >= 15 is 0 Å².